The van der Waals surface area contributed by atoms with Crippen molar-refractivity contribution in [2.75, 3.05) is 6.54 Å². The molecular formula is C20H22F2N2O4. The second-order valence-electron chi connectivity index (χ2n) is 6.91. The minimum atomic E-state index is -0.863. The normalized spacial score (nSPS) is 16.9. The molecule has 1 aliphatic heterocycles. The highest BCUT2D eigenvalue weighted by Gasteiger charge is 2.27. The monoisotopic (exact) mass is 392 g/mol. The number of hydrogen-bond acceptors (Lipinski definition) is 4. The van der Waals surface area contributed by atoms with Crippen LogP contribution in [0.4, 0.5) is 8.78 Å². The Balaban J connectivity index is 1.59. The van der Waals surface area contributed by atoms with E-state index in [0.717, 1.165) is 31.4 Å². The quantitative estimate of drug-likeness (QED) is 0.775. The zero-order valence-electron chi connectivity index (χ0n) is 15.4. The first kappa shape index (κ1) is 20.0. The third-order valence-electron chi connectivity index (χ3n) is 4.94. The lowest BCUT2D eigenvalue weighted by Gasteiger charge is -2.35. The summed E-state index contributed by atoms with van der Waals surface area (Å²) in [5.74, 6) is -1.87. The van der Waals surface area contributed by atoms with Crippen LogP contribution in [0.3, 0.4) is 0 Å². The molecule has 3 rings (SSSR count). The van der Waals surface area contributed by atoms with Crippen molar-refractivity contribution in [1.82, 2.24) is 9.88 Å². The van der Waals surface area contributed by atoms with E-state index in [9.17, 15) is 18.4 Å². The van der Waals surface area contributed by atoms with Gasteiger partial charge in [0, 0.05) is 37.9 Å². The fourth-order valence-electron chi connectivity index (χ4n) is 3.52. The SMILES string of the molecule is O=C(O)CC[C@H]1CCCCN1C(=O)CCc1ncc(-c2ccc(F)cc2F)o1. The van der Waals surface area contributed by atoms with Crippen molar-refractivity contribution >= 4 is 11.9 Å². The Morgan fingerprint density at radius 2 is 2.07 bits per heavy atom. The zero-order valence-corrected chi connectivity index (χ0v) is 15.4. The van der Waals surface area contributed by atoms with Crippen LogP contribution in [0, 0.1) is 11.6 Å². The largest absolute Gasteiger partial charge is 0.481 e. The van der Waals surface area contributed by atoms with E-state index in [4.69, 9.17) is 9.52 Å². The molecule has 1 aliphatic rings. The molecular weight excluding hydrogens is 370 g/mol. The molecule has 1 fully saturated rings. The summed E-state index contributed by atoms with van der Waals surface area (Å²) in [6.45, 7) is 0.626. The smallest absolute Gasteiger partial charge is 0.303 e. The highest BCUT2D eigenvalue weighted by molar-refractivity contribution is 5.77. The summed E-state index contributed by atoms with van der Waals surface area (Å²) in [6.07, 6.45) is 4.98. The van der Waals surface area contributed by atoms with E-state index in [-0.39, 0.29) is 42.5 Å². The van der Waals surface area contributed by atoms with E-state index >= 15 is 0 Å². The maximum Gasteiger partial charge on any atom is 0.303 e. The van der Waals surface area contributed by atoms with Crippen molar-refractivity contribution in [1.29, 1.82) is 0 Å². The fraction of sp³-hybridized carbons (Fsp3) is 0.450. The van der Waals surface area contributed by atoms with Crippen molar-refractivity contribution < 1.29 is 27.9 Å². The highest BCUT2D eigenvalue weighted by atomic mass is 19.1. The van der Waals surface area contributed by atoms with E-state index < -0.39 is 17.6 Å². The molecule has 2 aromatic rings. The number of aliphatic carboxylic acids is 1. The van der Waals surface area contributed by atoms with Crippen molar-refractivity contribution in [2.24, 2.45) is 0 Å². The lowest BCUT2D eigenvalue weighted by Crippen LogP contribution is -2.44. The molecule has 1 aromatic carbocycles. The molecule has 0 saturated carbocycles. The third-order valence-corrected chi connectivity index (χ3v) is 4.94. The summed E-state index contributed by atoms with van der Waals surface area (Å²) in [5, 5.41) is 8.88. The van der Waals surface area contributed by atoms with Gasteiger partial charge in [-0.15, -0.1) is 0 Å². The summed E-state index contributed by atoms with van der Waals surface area (Å²) in [7, 11) is 0. The van der Waals surface area contributed by atoms with E-state index in [1.807, 2.05) is 0 Å². The summed E-state index contributed by atoms with van der Waals surface area (Å²) in [5.41, 5.74) is 0.108. The van der Waals surface area contributed by atoms with E-state index in [1.165, 1.54) is 12.3 Å². The van der Waals surface area contributed by atoms with Gasteiger partial charge in [-0.1, -0.05) is 0 Å². The van der Waals surface area contributed by atoms with Crippen LogP contribution in [0.2, 0.25) is 0 Å². The minimum absolute atomic E-state index is 0.0424. The van der Waals surface area contributed by atoms with Crippen LogP contribution in [0.5, 0.6) is 0 Å². The number of benzene rings is 1. The number of rotatable bonds is 7. The summed E-state index contributed by atoms with van der Waals surface area (Å²) >= 11 is 0. The van der Waals surface area contributed by atoms with E-state index in [2.05, 4.69) is 4.98 Å². The Labute approximate surface area is 161 Å². The van der Waals surface area contributed by atoms with Gasteiger partial charge in [0.1, 0.15) is 11.6 Å². The predicted octanol–water partition coefficient (Wildman–Crippen LogP) is 3.80. The van der Waals surface area contributed by atoms with Crippen molar-refractivity contribution in [3.8, 4) is 11.3 Å². The third kappa shape index (κ3) is 4.94. The average molecular weight is 392 g/mol. The number of carboxylic acids is 1. The zero-order chi connectivity index (χ0) is 20.1. The Morgan fingerprint density at radius 3 is 2.82 bits per heavy atom. The topological polar surface area (TPSA) is 83.6 Å². The highest BCUT2D eigenvalue weighted by Crippen LogP contribution is 2.25. The number of carbonyl (C=O) groups excluding carboxylic acids is 1. The van der Waals surface area contributed by atoms with Gasteiger partial charge in [0.2, 0.25) is 5.91 Å². The maximum absolute atomic E-state index is 13.8. The Kier molecular flexibility index (Phi) is 6.38. The molecule has 8 heteroatoms. The van der Waals surface area contributed by atoms with E-state index in [0.29, 0.717) is 18.9 Å². The number of amides is 1. The molecule has 0 unspecified atom stereocenters. The first-order valence-electron chi connectivity index (χ1n) is 9.35. The van der Waals surface area contributed by atoms with Gasteiger partial charge < -0.3 is 14.4 Å². The van der Waals surface area contributed by atoms with Gasteiger partial charge in [0.25, 0.3) is 0 Å². The lowest BCUT2D eigenvalue weighted by molar-refractivity contribution is -0.140. The Bertz CT molecular complexity index is 852. The number of aromatic nitrogens is 1. The van der Waals surface area contributed by atoms with Crippen LogP contribution in [0.1, 0.15) is 44.4 Å². The molecule has 6 nitrogen and oxygen atoms in total. The summed E-state index contributed by atoms with van der Waals surface area (Å²) in [4.78, 5) is 29.3. The average Bonchev–Trinajstić information content (AvgIpc) is 3.13. The van der Waals surface area contributed by atoms with Gasteiger partial charge in [-0.2, -0.15) is 0 Å². The summed E-state index contributed by atoms with van der Waals surface area (Å²) < 4.78 is 32.4. The van der Waals surface area contributed by atoms with Crippen LogP contribution in [-0.2, 0) is 16.0 Å². The number of carbonyl (C=O) groups is 2. The Morgan fingerprint density at radius 1 is 1.25 bits per heavy atom. The molecule has 0 bridgehead atoms. The van der Waals surface area contributed by atoms with Gasteiger partial charge >= 0.3 is 5.97 Å². The fourth-order valence-corrected chi connectivity index (χ4v) is 3.52. The number of aryl methyl sites for hydroxylation is 1. The van der Waals surface area contributed by atoms with Crippen LogP contribution < -0.4 is 0 Å². The molecule has 150 valence electrons. The minimum Gasteiger partial charge on any atom is -0.481 e. The molecule has 1 saturated heterocycles. The Hall–Kier alpha value is -2.77. The van der Waals surface area contributed by atoms with Crippen LogP contribution in [0.15, 0.2) is 28.8 Å². The van der Waals surface area contributed by atoms with Gasteiger partial charge in [-0.25, -0.2) is 13.8 Å². The second-order valence-corrected chi connectivity index (χ2v) is 6.91. The van der Waals surface area contributed by atoms with Gasteiger partial charge in [0.15, 0.2) is 11.7 Å². The molecule has 1 N–H and O–H groups in total. The summed E-state index contributed by atoms with van der Waals surface area (Å²) in [6, 6.07) is 3.14. The number of halogens is 2. The van der Waals surface area contributed by atoms with Gasteiger partial charge in [-0.3, -0.25) is 9.59 Å². The first-order valence-corrected chi connectivity index (χ1v) is 9.35. The molecule has 2 heterocycles. The van der Waals surface area contributed by atoms with Crippen molar-refractivity contribution in [3.05, 3.63) is 41.9 Å². The number of hydrogen-bond donors (Lipinski definition) is 1. The molecule has 1 aromatic heterocycles. The number of nitrogens with zero attached hydrogens (tertiary/aromatic N) is 2. The molecule has 0 radical (unpaired) electrons. The second kappa shape index (κ2) is 8.95. The first-order chi connectivity index (χ1) is 13.4. The number of oxazole rings is 1. The van der Waals surface area contributed by atoms with Crippen molar-refractivity contribution in [2.45, 2.75) is 51.0 Å². The molecule has 28 heavy (non-hydrogen) atoms. The number of likely N-dealkylation sites (tertiary alicyclic amines) is 1. The lowest BCUT2D eigenvalue weighted by atomic mass is 9.97. The van der Waals surface area contributed by atoms with Crippen LogP contribution in [0.25, 0.3) is 11.3 Å². The van der Waals surface area contributed by atoms with E-state index in [1.54, 1.807) is 4.90 Å². The molecule has 0 spiro atoms. The van der Waals surface area contributed by atoms with Gasteiger partial charge in [0.05, 0.1) is 11.8 Å². The predicted molar refractivity (Wildman–Crippen MR) is 96.4 cm³/mol. The number of carboxylic acid groups (broad SMARTS) is 1. The van der Waals surface area contributed by atoms with Crippen LogP contribution in [-0.4, -0.2) is 39.5 Å². The standard InChI is InChI=1S/C20H22F2N2O4/c21-13-4-6-15(16(22)11-13)17-12-23-18(28-17)7-8-19(25)24-10-2-1-3-14(24)5-9-20(26)27/h4,6,11-12,14H,1-3,5,7-10H2,(H,26,27)/t14-/m1/s1. The number of piperidine rings is 1. The van der Waals surface area contributed by atoms with Crippen LogP contribution >= 0.6 is 0 Å². The van der Waals surface area contributed by atoms with Crippen molar-refractivity contribution in [3.63, 3.8) is 0 Å². The molecule has 1 atom stereocenters. The van der Waals surface area contributed by atoms with Gasteiger partial charge in [-0.05, 0) is 37.8 Å². The molecule has 1 amide bonds. The molecule has 0 aliphatic carbocycles. The maximum atomic E-state index is 13.8.